The first kappa shape index (κ1) is 14.3. The van der Waals surface area contributed by atoms with E-state index in [1.54, 1.807) is 37.3 Å². The molecule has 0 aliphatic heterocycles. The van der Waals surface area contributed by atoms with Gasteiger partial charge in [-0.1, -0.05) is 12.0 Å². The minimum atomic E-state index is -0.525. The molecule has 5 heteroatoms. The molecule has 0 saturated carbocycles. The molecule has 2 rings (SSSR count). The van der Waals surface area contributed by atoms with Crippen molar-refractivity contribution in [2.24, 2.45) is 0 Å². The number of carbonyl (C=O) groups is 1. The van der Waals surface area contributed by atoms with Crippen molar-refractivity contribution >= 4 is 17.3 Å². The Balaban J connectivity index is 2.28. The minimum Gasteiger partial charge on any atom is -0.322 e. The summed E-state index contributed by atoms with van der Waals surface area (Å²) in [5.74, 6) is 2.05. The Bertz CT molecular complexity index is 760. The van der Waals surface area contributed by atoms with E-state index in [0.29, 0.717) is 16.8 Å². The lowest BCUT2D eigenvalue weighted by Crippen LogP contribution is -2.12. The Morgan fingerprint density at radius 3 is 2.71 bits per heavy atom. The maximum absolute atomic E-state index is 12.2. The number of nitro groups is 1. The molecule has 0 heterocycles. The molecule has 0 aromatic heterocycles. The summed E-state index contributed by atoms with van der Waals surface area (Å²) >= 11 is 0. The van der Waals surface area contributed by atoms with Crippen LogP contribution >= 0.6 is 0 Å². The first-order chi connectivity index (χ1) is 9.99. The van der Waals surface area contributed by atoms with E-state index in [2.05, 4.69) is 11.2 Å². The quantitative estimate of drug-likeness (QED) is 0.533. The number of amides is 1. The van der Waals surface area contributed by atoms with Gasteiger partial charge >= 0.3 is 0 Å². The van der Waals surface area contributed by atoms with Gasteiger partial charge in [-0.25, -0.2) is 0 Å². The zero-order valence-corrected chi connectivity index (χ0v) is 11.3. The predicted molar refractivity (Wildman–Crippen MR) is 80.2 cm³/mol. The van der Waals surface area contributed by atoms with E-state index >= 15 is 0 Å². The van der Waals surface area contributed by atoms with Crippen molar-refractivity contribution < 1.29 is 9.72 Å². The Morgan fingerprint density at radius 2 is 2.05 bits per heavy atom. The van der Waals surface area contributed by atoms with Crippen LogP contribution in [0.2, 0.25) is 0 Å². The molecule has 0 aliphatic rings. The molecule has 2 aromatic rings. The molecule has 0 unspecified atom stereocenters. The molecule has 0 fully saturated rings. The van der Waals surface area contributed by atoms with Crippen molar-refractivity contribution in [2.45, 2.75) is 6.92 Å². The van der Waals surface area contributed by atoms with Crippen LogP contribution in [0.4, 0.5) is 11.4 Å². The molecule has 1 N–H and O–H groups in total. The van der Waals surface area contributed by atoms with Gasteiger partial charge in [0.2, 0.25) is 0 Å². The van der Waals surface area contributed by atoms with Crippen LogP contribution in [0.1, 0.15) is 21.5 Å². The third kappa shape index (κ3) is 3.45. The number of nitrogens with one attached hydrogen (secondary N) is 1. The Kier molecular flexibility index (Phi) is 4.00. The topological polar surface area (TPSA) is 72.2 Å². The fourth-order valence-electron chi connectivity index (χ4n) is 1.89. The summed E-state index contributed by atoms with van der Waals surface area (Å²) in [7, 11) is 0. The molecule has 2 aromatic carbocycles. The standard InChI is InChI=1S/C16H12N2O3/c1-3-12-5-4-6-14(9-12)17-16(19)13-7-11(2)8-15(10-13)18(20)21/h1,4-10H,2H3,(H,17,19). The number of nitro benzene ring substituents is 1. The zero-order valence-electron chi connectivity index (χ0n) is 11.3. The molecule has 0 aliphatic carbocycles. The van der Waals surface area contributed by atoms with Gasteiger partial charge in [-0.05, 0) is 36.8 Å². The molecular formula is C16H12N2O3. The van der Waals surface area contributed by atoms with Crippen LogP contribution in [0.25, 0.3) is 0 Å². The Morgan fingerprint density at radius 1 is 1.29 bits per heavy atom. The highest BCUT2D eigenvalue weighted by Gasteiger charge is 2.13. The van der Waals surface area contributed by atoms with Crippen LogP contribution in [-0.2, 0) is 0 Å². The minimum absolute atomic E-state index is 0.113. The first-order valence-corrected chi connectivity index (χ1v) is 6.13. The third-order valence-corrected chi connectivity index (χ3v) is 2.82. The normalized spacial score (nSPS) is 9.71. The summed E-state index contributed by atoms with van der Waals surface area (Å²) in [5.41, 5.74) is 1.94. The average Bonchev–Trinajstić information content (AvgIpc) is 2.46. The van der Waals surface area contributed by atoms with Crippen LogP contribution in [0.15, 0.2) is 42.5 Å². The van der Waals surface area contributed by atoms with E-state index in [1.165, 1.54) is 12.1 Å². The van der Waals surface area contributed by atoms with E-state index < -0.39 is 10.8 Å². The summed E-state index contributed by atoms with van der Waals surface area (Å²) in [5, 5.41) is 13.5. The monoisotopic (exact) mass is 280 g/mol. The van der Waals surface area contributed by atoms with Gasteiger partial charge in [0.15, 0.2) is 0 Å². The van der Waals surface area contributed by atoms with Crippen molar-refractivity contribution in [1.82, 2.24) is 0 Å². The van der Waals surface area contributed by atoms with E-state index in [9.17, 15) is 14.9 Å². The van der Waals surface area contributed by atoms with Gasteiger partial charge in [0.05, 0.1) is 4.92 Å². The maximum atomic E-state index is 12.2. The SMILES string of the molecule is C#Cc1cccc(NC(=O)c2cc(C)cc([N+](=O)[O-])c2)c1. The fraction of sp³-hybridized carbons (Fsp3) is 0.0625. The number of rotatable bonds is 3. The predicted octanol–water partition coefficient (Wildman–Crippen LogP) is 3.14. The number of aryl methyl sites for hydroxylation is 1. The van der Waals surface area contributed by atoms with Gasteiger partial charge in [0.1, 0.15) is 0 Å². The number of benzene rings is 2. The van der Waals surface area contributed by atoms with Crippen LogP contribution < -0.4 is 5.32 Å². The molecule has 0 spiro atoms. The lowest BCUT2D eigenvalue weighted by molar-refractivity contribution is -0.384. The number of hydrogen-bond acceptors (Lipinski definition) is 3. The van der Waals surface area contributed by atoms with Gasteiger partial charge in [-0.15, -0.1) is 6.42 Å². The van der Waals surface area contributed by atoms with Gasteiger partial charge in [0.25, 0.3) is 11.6 Å². The van der Waals surface area contributed by atoms with Crippen molar-refractivity contribution in [3.63, 3.8) is 0 Å². The van der Waals surface area contributed by atoms with E-state index in [0.717, 1.165) is 0 Å². The fourth-order valence-corrected chi connectivity index (χ4v) is 1.89. The number of hydrogen-bond donors (Lipinski definition) is 1. The number of non-ortho nitro benzene ring substituents is 1. The smallest absolute Gasteiger partial charge is 0.270 e. The second kappa shape index (κ2) is 5.88. The number of anilines is 1. The Hall–Kier alpha value is -3.13. The maximum Gasteiger partial charge on any atom is 0.270 e. The molecule has 5 nitrogen and oxygen atoms in total. The van der Waals surface area contributed by atoms with Crippen molar-refractivity contribution in [2.75, 3.05) is 5.32 Å². The molecule has 0 radical (unpaired) electrons. The molecule has 0 saturated heterocycles. The molecule has 104 valence electrons. The average molecular weight is 280 g/mol. The highest BCUT2D eigenvalue weighted by molar-refractivity contribution is 6.04. The zero-order chi connectivity index (χ0) is 15.4. The highest BCUT2D eigenvalue weighted by atomic mass is 16.6. The second-order valence-electron chi connectivity index (χ2n) is 4.49. The van der Waals surface area contributed by atoms with Crippen LogP contribution in [-0.4, -0.2) is 10.8 Å². The second-order valence-corrected chi connectivity index (χ2v) is 4.49. The first-order valence-electron chi connectivity index (χ1n) is 6.13. The van der Waals surface area contributed by atoms with Crippen molar-refractivity contribution in [1.29, 1.82) is 0 Å². The molecular weight excluding hydrogens is 268 g/mol. The molecule has 21 heavy (non-hydrogen) atoms. The van der Waals surface area contributed by atoms with E-state index in [4.69, 9.17) is 6.42 Å². The van der Waals surface area contributed by atoms with Gasteiger partial charge < -0.3 is 5.32 Å². The summed E-state index contributed by atoms with van der Waals surface area (Å²) in [6, 6.07) is 11.1. The third-order valence-electron chi connectivity index (χ3n) is 2.82. The van der Waals surface area contributed by atoms with Gasteiger partial charge in [-0.3, -0.25) is 14.9 Å². The van der Waals surface area contributed by atoms with E-state index in [1.807, 2.05) is 0 Å². The molecule has 1 amide bonds. The summed E-state index contributed by atoms with van der Waals surface area (Å²) in [4.78, 5) is 22.5. The largest absolute Gasteiger partial charge is 0.322 e. The highest BCUT2D eigenvalue weighted by Crippen LogP contribution is 2.18. The van der Waals surface area contributed by atoms with Crippen LogP contribution in [0.5, 0.6) is 0 Å². The van der Waals surface area contributed by atoms with E-state index in [-0.39, 0.29) is 11.3 Å². The lowest BCUT2D eigenvalue weighted by Gasteiger charge is -2.06. The molecule has 0 atom stereocenters. The van der Waals surface area contributed by atoms with Crippen molar-refractivity contribution in [3.8, 4) is 12.3 Å². The lowest BCUT2D eigenvalue weighted by atomic mass is 10.1. The number of nitrogens with zero attached hydrogens (tertiary/aromatic N) is 1. The van der Waals surface area contributed by atoms with Crippen molar-refractivity contribution in [3.05, 3.63) is 69.3 Å². The Labute approximate surface area is 121 Å². The summed E-state index contributed by atoms with van der Waals surface area (Å²) in [6.45, 7) is 1.70. The van der Waals surface area contributed by atoms with Crippen LogP contribution in [0, 0.1) is 29.4 Å². The van der Waals surface area contributed by atoms with Crippen LogP contribution in [0.3, 0.4) is 0 Å². The molecule has 0 bridgehead atoms. The number of terminal acetylenes is 1. The van der Waals surface area contributed by atoms with Gasteiger partial charge in [-0.2, -0.15) is 0 Å². The number of carbonyl (C=O) groups excluding carboxylic acids is 1. The summed E-state index contributed by atoms with van der Waals surface area (Å²) < 4.78 is 0. The summed E-state index contributed by atoms with van der Waals surface area (Å²) in [6.07, 6.45) is 5.30. The van der Waals surface area contributed by atoms with Gasteiger partial charge in [0, 0.05) is 28.9 Å².